The molecule has 7 rings (SSSR count). The molecule has 7 nitrogen and oxygen atoms in total. The zero-order valence-corrected chi connectivity index (χ0v) is 21.4. The van der Waals surface area contributed by atoms with E-state index in [0.717, 1.165) is 40.1 Å². The van der Waals surface area contributed by atoms with Crippen LogP contribution in [0.2, 0.25) is 0 Å². The molecule has 3 aliphatic heterocycles. The Morgan fingerprint density at radius 3 is 2.59 bits per heavy atom. The van der Waals surface area contributed by atoms with E-state index in [-0.39, 0.29) is 18.4 Å². The molecular formula is C32H26N2O5. The maximum atomic E-state index is 14.2. The van der Waals surface area contributed by atoms with Gasteiger partial charge >= 0.3 is 0 Å². The minimum Gasteiger partial charge on any atom is -0.495 e. The summed E-state index contributed by atoms with van der Waals surface area (Å²) in [5.41, 5.74) is 5.04. The monoisotopic (exact) mass is 518 g/mol. The highest BCUT2D eigenvalue weighted by Gasteiger charge is 2.57. The number of ether oxygens (including phenoxy) is 3. The molecule has 0 bridgehead atoms. The van der Waals surface area contributed by atoms with E-state index >= 15 is 0 Å². The van der Waals surface area contributed by atoms with Gasteiger partial charge in [0.2, 0.25) is 5.91 Å². The van der Waals surface area contributed by atoms with Crippen LogP contribution in [-0.2, 0) is 23.2 Å². The normalized spacial score (nSPS) is 18.3. The Balaban J connectivity index is 1.17. The molecule has 0 saturated heterocycles. The predicted molar refractivity (Wildman–Crippen MR) is 147 cm³/mol. The molecule has 1 spiro atoms. The van der Waals surface area contributed by atoms with Crippen LogP contribution in [0.15, 0.2) is 84.9 Å². The van der Waals surface area contributed by atoms with Gasteiger partial charge in [0, 0.05) is 29.3 Å². The van der Waals surface area contributed by atoms with Crippen molar-refractivity contribution in [3.8, 4) is 17.2 Å². The van der Waals surface area contributed by atoms with E-state index in [2.05, 4.69) is 11.4 Å². The van der Waals surface area contributed by atoms with Crippen LogP contribution < -0.4 is 24.4 Å². The summed E-state index contributed by atoms with van der Waals surface area (Å²) < 4.78 is 17.2. The molecule has 0 radical (unpaired) electrons. The van der Waals surface area contributed by atoms with Gasteiger partial charge in [-0.1, -0.05) is 42.5 Å². The van der Waals surface area contributed by atoms with Crippen LogP contribution in [0.25, 0.3) is 0 Å². The van der Waals surface area contributed by atoms with Gasteiger partial charge in [-0.25, -0.2) is 0 Å². The lowest BCUT2D eigenvalue weighted by Gasteiger charge is -2.23. The molecule has 0 fully saturated rings. The number of amides is 2. The Kier molecular flexibility index (Phi) is 5.33. The first-order valence-corrected chi connectivity index (χ1v) is 13.0. The lowest BCUT2D eigenvalue weighted by molar-refractivity contribution is -0.122. The van der Waals surface area contributed by atoms with Crippen LogP contribution in [0, 0.1) is 0 Å². The van der Waals surface area contributed by atoms with Gasteiger partial charge in [0.25, 0.3) is 5.91 Å². The summed E-state index contributed by atoms with van der Waals surface area (Å²) in [4.78, 5) is 28.9. The largest absolute Gasteiger partial charge is 0.495 e. The van der Waals surface area contributed by atoms with Gasteiger partial charge in [0.15, 0.2) is 0 Å². The highest BCUT2D eigenvalue weighted by molar-refractivity contribution is 6.11. The van der Waals surface area contributed by atoms with Gasteiger partial charge < -0.3 is 24.4 Å². The number of para-hydroxylation sites is 3. The van der Waals surface area contributed by atoms with Crippen molar-refractivity contribution in [2.75, 3.05) is 30.5 Å². The van der Waals surface area contributed by atoms with Gasteiger partial charge in [-0.15, -0.1) is 0 Å². The standard InChI is InChI=1S/C32H26N2O5/c1-37-27-9-5-3-7-25(27)33-30(35)21-12-10-20(11-13-21)18-34-26-8-4-2-6-23(26)32(31(34)36)19-39-29-17-28-22(14-15-38-28)16-24(29)32/h2-13,16-17H,14-15,18-19H2,1H3,(H,33,35). The zero-order valence-electron chi connectivity index (χ0n) is 21.4. The van der Waals surface area contributed by atoms with Crippen molar-refractivity contribution in [1.82, 2.24) is 0 Å². The van der Waals surface area contributed by atoms with Crippen LogP contribution >= 0.6 is 0 Å². The fourth-order valence-electron chi connectivity index (χ4n) is 5.89. The third-order valence-corrected chi connectivity index (χ3v) is 7.87. The number of nitrogens with zero attached hydrogens (tertiary/aromatic N) is 1. The number of nitrogens with one attached hydrogen (secondary N) is 1. The second kappa shape index (κ2) is 8.91. The number of carbonyl (C=O) groups excluding carboxylic acids is 2. The van der Waals surface area contributed by atoms with Crippen molar-refractivity contribution in [3.63, 3.8) is 0 Å². The van der Waals surface area contributed by atoms with Gasteiger partial charge in [-0.3, -0.25) is 9.59 Å². The quantitative estimate of drug-likeness (QED) is 0.398. The van der Waals surface area contributed by atoms with Gasteiger partial charge in [0.05, 0.1) is 25.9 Å². The summed E-state index contributed by atoms with van der Waals surface area (Å²) in [6, 6.07) is 26.6. The molecule has 1 N–H and O–H groups in total. The first-order chi connectivity index (χ1) is 19.1. The van der Waals surface area contributed by atoms with Gasteiger partial charge in [-0.05, 0) is 53.1 Å². The lowest BCUT2D eigenvalue weighted by Crippen LogP contribution is -2.42. The summed E-state index contributed by atoms with van der Waals surface area (Å²) >= 11 is 0. The Hall–Kier alpha value is -4.78. The number of hydrogen-bond acceptors (Lipinski definition) is 5. The van der Waals surface area contributed by atoms with Gasteiger partial charge in [-0.2, -0.15) is 0 Å². The molecule has 194 valence electrons. The fourth-order valence-corrected chi connectivity index (χ4v) is 5.89. The summed E-state index contributed by atoms with van der Waals surface area (Å²) in [6.07, 6.45) is 0.829. The Labute approximate surface area is 225 Å². The molecule has 39 heavy (non-hydrogen) atoms. The lowest BCUT2D eigenvalue weighted by atomic mass is 9.76. The Bertz CT molecular complexity index is 1630. The smallest absolute Gasteiger partial charge is 0.255 e. The average molecular weight is 519 g/mol. The van der Waals surface area contributed by atoms with Crippen molar-refractivity contribution in [1.29, 1.82) is 0 Å². The van der Waals surface area contributed by atoms with Crippen molar-refractivity contribution < 1.29 is 23.8 Å². The second-order valence-electron chi connectivity index (χ2n) is 10.0. The summed E-state index contributed by atoms with van der Waals surface area (Å²) in [5.74, 6) is 1.92. The maximum absolute atomic E-state index is 14.2. The van der Waals surface area contributed by atoms with E-state index in [9.17, 15) is 9.59 Å². The molecule has 7 heteroatoms. The van der Waals surface area contributed by atoms with E-state index in [1.165, 1.54) is 0 Å². The van der Waals surface area contributed by atoms with Crippen molar-refractivity contribution >= 4 is 23.2 Å². The van der Waals surface area contributed by atoms with Crippen LogP contribution in [-0.4, -0.2) is 32.1 Å². The molecule has 3 aliphatic rings. The SMILES string of the molecule is COc1ccccc1NC(=O)c1ccc(CN2C(=O)C3(COc4cc5c(cc43)CCO5)c3ccccc32)cc1. The fraction of sp³-hybridized carbons (Fsp3) is 0.188. The molecule has 0 aliphatic carbocycles. The molecule has 0 aromatic heterocycles. The number of methoxy groups -OCH3 is 1. The molecule has 4 aromatic rings. The minimum absolute atomic E-state index is 0.000641. The number of hydrogen-bond donors (Lipinski definition) is 1. The third-order valence-electron chi connectivity index (χ3n) is 7.87. The molecular weight excluding hydrogens is 492 g/mol. The average Bonchev–Trinajstić information content (AvgIpc) is 3.65. The number of fused-ring (bicyclic) bond motifs is 5. The van der Waals surface area contributed by atoms with E-state index in [0.29, 0.717) is 35.9 Å². The van der Waals surface area contributed by atoms with Crippen molar-refractivity contribution in [2.24, 2.45) is 0 Å². The highest BCUT2D eigenvalue weighted by atomic mass is 16.5. The molecule has 1 unspecified atom stereocenters. The molecule has 3 heterocycles. The maximum Gasteiger partial charge on any atom is 0.255 e. The van der Waals surface area contributed by atoms with Crippen molar-refractivity contribution in [3.05, 3.63) is 113 Å². The van der Waals surface area contributed by atoms with E-state index in [1.54, 1.807) is 31.4 Å². The van der Waals surface area contributed by atoms with E-state index in [1.807, 2.05) is 59.5 Å². The molecule has 2 amide bonds. The molecule has 1 atom stereocenters. The number of carbonyl (C=O) groups is 2. The molecule has 0 saturated carbocycles. The topological polar surface area (TPSA) is 77.1 Å². The number of benzene rings is 4. The summed E-state index contributed by atoms with van der Waals surface area (Å²) in [5, 5.41) is 2.90. The first kappa shape index (κ1) is 23.3. The summed E-state index contributed by atoms with van der Waals surface area (Å²) in [6.45, 7) is 1.30. The summed E-state index contributed by atoms with van der Waals surface area (Å²) in [7, 11) is 1.57. The van der Waals surface area contributed by atoms with Crippen LogP contribution in [0.1, 0.15) is 32.6 Å². The number of rotatable bonds is 5. The van der Waals surface area contributed by atoms with Crippen LogP contribution in [0.5, 0.6) is 17.2 Å². The zero-order chi connectivity index (χ0) is 26.6. The number of anilines is 2. The van der Waals surface area contributed by atoms with Crippen molar-refractivity contribution in [2.45, 2.75) is 18.4 Å². The minimum atomic E-state index is -0.877. The van der Waals surface area contributed by atoms with Gasteiger partial charge in [0.1, 0.15) is 29.3 Å². The molecule has 4 aromatic carbocycles. The second-order valence-corrected chi connectivity index (χ2v) is 10.0. The van der Waals surface area contributed by atoms with E-state index < -0.39 is 5.41 Å². The Morgan fingerprint density at radius 2 is 1.74 bits per heavy atom. The highest BCUT2D eigenvalue weighted by Crippen LogP contribution is 2.54. The Morgan fingerprint density at radius 1 is 0.949 bits per heavy atom. The first-order valence-electron chi connectivity index (χ1n) is 13.0. The predicted octanol–water partition coefficient (Wildman–Crippen LogP) is 5.11. The van der Waals surface area contributed by atoms with Crippen LogP contribution in [0.3, 0.4) is 0 Å². The van der Waals surface area contributed by atoms with Crippen LogP contribution in [0.4, 0.5) is 11.4 Å². The van der Waals surface area contributed by atoms with E-state index in [4.69, 9.17) is 14.2 Å². The third kappa shape index (κ3) is 3.57.